The molecule has 0 aliphatic rings. The van der Waals surface area contributed by atoms with Crippen molar-refractivity contribution < 1.29 is 4.39 Å². The number of nitrogens with zero attached hydrogens (tertiary/aromatic N) is 1. The molecule has 0 spiro atoms. The van der Waals surface area contributed by atoms with Gasteiger partial charge in [0.15, 0.2) is 0 Å². The molecule has 0 amide bonds. The summed E-state index contributed by atoms with van der Waals surface area (Å²) in [5.74, 6) is -0.214. The fraction of sp³-hybridized carbons (Fsp3) is 0.286. The van der Waals surface area contributed by atoms with Gasteiger partial charge in [-0.05, 0) is 30.8 Å². The highest BCUT2D eigenvalue weighted by Crippen LogP contribution is 2.28. The molecule has 1 heterocycles. The first-order chi connectivity index (χ1) is 9.10. The third-order valence-electron chi connectivity index (χ3n) is 2.99. The van der Waals surface area contributed by atoms with E-state index in [1.807, 2.05) is 24.6 Å². The topological polar surface area (TPSA) is 29.3 Å². The van der Waals surface area contributed by atoms with E-state index in [-0.39, 0.29) is 11.9 Å². The Morgan fingerprint density at radius 3 is 2.79 bits per heavy atom. The molecule has 1 unspecified atom stereocenters. The van der Waals surface area contributed by atoms with Gasteiger partial charge in [0, 0.05) is 23.3 Å². The molecule has 5 heteroatoms. The Morgan fingerprint density at radius 2 is 2.21 bits per heavy atom. The zero-order valence-electron chi connectivity index (χ0n) is 10.6. The van der Waals surface area contributed by atoms with Gasteiger partial charge in [-0.1, -0.05) is 23.7 Å². The van der Waals surface area contributed by atoms with Crippen molar-refractivity contribution in [2.24, 2.45) is 5.73 Å². The van der Waals surface area contributed by atoms with E-state index in [0.717, 1.165) is 15.5 Å². The first kappa shape index (κ1) is 14.5. The number of likely N-dealkylation sites (N-methyl/N-ethyl adjacent to an activating group) is 1. The Labute approximate surface area is 121 Å². The Balaban J connectivity index is 2.11. The first-order valence-electron chi connectivity index (χ1n) is 5.99. The van der Waals surface area contributed by atoms with Crippen LogP contribution < -0.4 is 5.73 Å². The lowest BCUT2D eigenvalue weighted by Gasteiger charge is -2.26. The molecule has 2 N–H and O–H groups in total. The van der Waals surface area contributed by atoms with Gasteiger partial charge in [0.25, 0.3) is 0 Å². The normalized spacial score (nSPS) is 12.9. The summed E-state index contributed by atoms with van der Waals surface area (Å²) in [6, 6.07) is 8.66. The lowest BCUT2D eigenvalue weighted by molar-refractivity contribution is 0.245. The third kappa shape index (κ3) is 3.76. The Hall–Kier alpha value is -0.940. The summed E-state index contributed by atoms with van der Waals surface area (Å²) in [5, 5.41) is 2.63. The van der Waals surface area contributed by atoms with Crippen LogP contribution in [0.4, 0.5) is 4.39 Å². The summed E-state index contributed by atoms with van der Waals surface area (Å²) in [6.07, 6.45) is 0. The van der Waals surface area contributed by atoms with E-state index in [1.165, 1.54) is 6.07 Å². The summed E-state index contributed by atoms with van der Waals surface area (Å²) in [7, 11) is 1.98. The predicted octanol–water partition coefficient (Wildman–Crippen LogP) is 3.67. The molecule has 1 aromatic carbocycles. The fourth-order valence-corrected chi connectivity index (χ4v) is 3.31. The van der Waals surface area contributed by atoms with Crippen LogP contribution in [-0.2, 0) is 6.54 Å². The SMILES string of the molecule is CN(Cc1cccc(F)c1)C(CN)c1cc(Cl)cs1. The van der Waals surface area contributed by atoms with E-state index in [4.69, 9.17) is 17.3 Å². The number of hydrogen-bond donors (Lipinski definition) is 1. The molecule has 0 aliphatic heterocycles. The van der Waals surface area contributed by atoms with Crippen LogP contribution in [0.1, 0.15) is 16.5 Å². The fourth-order valence-electron chi connectivity index (χ4n) is 2.05. The molecule has 0 saturated heterocycles. The van der Waals surface area contributed by atoms with E-state index >= 15 is 0 Å². The monoisotopic (exact) mass is 298 g/mol. The van der Waals surface area contributed by atoms with E-state index < -0.39 is 0 Å². The zero-order chi connectivity index (χ0) is 13.8. The molecule has 2 rings (SSSR count). The summed E-state index contributed by atoms with van der Waals surface area (Å²) >= 11 is 7.55. The van der Waals surface area contributed by atoms with Crippen LogP contribution in [0.2, 0.25) is 5.02 Å². The van der Waals surface area contributed by atoms with Crippen LogP contribution in [0.3, 0.4) is 0 Å². The molecule has 2 aromatic rings. The van der Waals surface area contributed by atoms with E-state index in [9.17, 15) is 4.39 Å². The number of rotatable bonds is 5. The van der Waals surface area contributed by atoms with Crippen LogP contribution >= 0.6 is 22.9 Å². The van der Waals surface area contributed by atoms with Gasteiger partial charge < -0.3 is 5.73 Å². The second-order valence-electron chi connectivity index (χ2n) is 4.46. The Bertz CT molecular complexity index is 544. The summed E-state index contributed by atoms with van der Waals surface area (Å²) in [4.78, 5) is 3.24. The molecule has 1 aromatic heterocycles. The highest BCUT2D eigenvalue weighted by Gasteiger charge is 2.17. The van der Waals surface area contributed by atoms with Gasteiger partial charge in [0.1, 0.15) is 5.82 Å². The van der Waals surface area contributed by atoms with E-state index in [1.54, 1.807) is 23.5 Å². The van der Waals surface area contributed by atoms with Gasteiger partial charge >= 0.3 is 0 Å². The number of halogens is 2. The van der Waals surface area contributed by atoms with Gasteiger partial charge in [0.05, 0.1) is 11.1 Å². The number of benzene rings is 1. The minimum Gasteiger partial charge on any atom is -0.329 e. The van der Waals surface area contributed by atoms with Crippen molar-refractivity contribution in [3.63, 3.8) is 0 Å². The maximum atomic E-state index is 13.2. The zero-order valence-corrected chi connectivity index (χ0v) is 12.2. The molecule has 19 heavy (non-hydrogen) atoms. The van der Waals surface area contributed by atoms with Crippen LogP contribution in [-0.4, -0.2) is 18.5 Å². The minimum atomic E-state index is -0.214. The van der Waals surface area contributed by atoms with Crippen LogP contribution in [0.25, 0.3) is 0 Å². The van der Waals surface area contributed by atoms with Crippen molar-refractivity contribution in [1.29, 1.82) is 0 Å². The molecule has 0 aliphatic carbocycles. The van der Waals surface area contributed by atoms with Gasteiger partial charge in [-0.25, -0.2) is 4.39 Å². The molecule has 0 bridgehead atoms. The van der Waals surface area contributed by atoms with Gasteiger partial charge in [-0.2, -0.15) is 0 Å². The molecule has 0 radical (unpaired) electrons. The molecular weight excluding hydrogens is 283 g/mol. The maximum absolute atomic E-state index is 13.2. The standard InChI is InChI=1S/C14H16ClFN2S/c1-18(8-10-3-2-4-12(16)5-10)13(7-17)14-6-11(15)9-19-14/h2-6,9,13H,7-8,17H2,1H3. The summed E-state index contributed by atoms with van der Waals surface area (Å²) in [6.45, 7) is 1.15. The molecule has 102 valence electrons. The number of thiophene rings is 1. The highest BCUT2D eigenvalue weighted by atomic mass is 35.5. The van der Waals surface area contributed by atoms with Crippen LogP contribution in [0.5, 0.6) is 0 Å². The van der Waals surface area contributed by atoms with Gasteiger partial charge in [0.2, 0.25) is 0 Å². The highest BCUT2D eigenvalue weighted by molar-refractivity contribution is 7.10. The Kier molecular flexibility index (Phi) is 4.93. The van der Waals surface area contributed by atoms with Gasteiger partial charge in [-0.15, -0.1) is 11.3 Å². The molecular formula is C14H16ClFN2S. The third-order valence-corrected chi connectivity index (χ3v) is 4.37. The van der Waals surface area contributed by atoms with E-state index in [2.05, 4.69) is 4.90 Å². The van der Waals surface area contributed by atoms with Crippen molar-refractivity contribution in [3.05, 3.63) is 57.0 Å². The van der Waals surface area contributed by atoms with E-state index in [0.29, 0.717) is 13.1 Å². The molecule has 1 atom stereocenters. The second-order valence-corrected chi connectivity index (χ2v) is 5.84. The van der Waals surface area contributed by atoms with Crippen molar-refractivity contribution in [2.75, 3.05) is 13.6 Å². The minimum absolute atomic E-state index is 0.0979. The number of nitrogens with two attached hydrogens (primary N) is 1. The van der Waals surface area contributed by atoms with Gasteiger partial charge in [-0.3, -0.25) is 4.90 Å². The molecule has 2 nitrogen and oxygen atoms in total. The summed E-state index contributed by atoms with van der Waals surface area (Å²) in [5.41, 5.74) is 6.78. The lowest BCUT2D eigenvalue weighted by atomic mass is 10.1. The Morgan fingerprint density at radius 1 is 1.42 bits per heavy atom. The van der Waals surface area contributed by atoms with Crippen LogP contribution in [0.15, 0.2) is 35.7 Å². The summed E-state index contributed by atoms with van der Waals surface area (Å²) < 4.78 is 13.2. The second kappa shape index (κ2) is 6.48. The average molecular weight is 299 g/mol. The predicted molar refractivity (Wildman–Crippen MR) is 79.0 cm³/mol. The smallest absolute Gasteiger partial charge is 0.123 e. The molecule has 0 saturated carbocycles. The lowest BCUT2D eigenvalue weighted by Crippen LogP contribution is -2.29. The quantitative estimate of drug-likeness (QED) is 0.912. The number of hydrogen-bond acceptors (Lipinski definition) is 3. The van der Waals surface area contributed by atoms with Crippen molar-refractivity contribution >= 4 is 22.9 Å². The van der Waals surface area contributed by atoms with Crippen LogP contribution in [0, 0.1) is 5.82 Å². The molecule has 0 fully saturated rings. The average Bonchev–Trinajstić information content (AvgIpc) is 2.76. The van der Waals surface area contributed by atoms with Crippen molar-refractivity contribution in [1.82, 2.24) is 4.90 Å². The van der Waals surface area contributed by atoms with Crippen molar-refractivity contribution in [2.45, 2.75) is 12.6 Å². The maximum Gasteiger partial charge on any atom is 0.123 e. The van der Waals surface area contributed by atoms with Crippen molar-refractivity contribution in [3.8, 4) is 0 Å². The largest absolute Gasteiger partial charge is 0.329 e. The first-order valence-corrected chi connectivity index (χ1v) is 7.24.